The molecule has 0 radical (unpaired) electrons. The van der Waals surface area contributed by atoms with Crippen LogP contribution in [0.4, 0.5) is 5.69 Å². The number of nitrogens with zero attached hydrogens (tertiary/aromatic N) is 2. The van der Waals surface area contributed by atoms with Crippen molar-refractivity contribution in [2.24, 2.45) is 5.92 Å². The average Bonchev–Trinajstić information content (AvgIpc) is 3.47. The quantitative estimate of drug-likeness (QED) is 0.672. The number of para-hydroxylation sites is 1. The number of hydrogen-bond acceptors (Lipinski definition) is 5. The molecule has 3 heterocycles. The van der Waals surface area contributed by atoms with Crippen LogP contribution in [0.2, 0.25) is 0 Å². The Morgan fingerprint density at radius 1 is 1.06 bits per heavy atom. The molecule has 1 fully saturated rings. The van der Waals surface area contributed by atoms with Crippen LogP contribution in [-0.4, -0.2) is 36.9 Å². The molecule has 1 N–H and O–H groups in total. The van der Waals surface area contributed by atoms with E-state index in [2.05, 4.69) is 22.3 Å². The normalized spacial score (nSPS) is 16.9. The van der Waals surface area contributed by atoms with Gasteiger partial charge in [0, 0.05) is 37.6 Å². The molecule has 3 aromatic rings. The van der Waals surface area contributed by atoms with Gasteiger partial charge in [-0.15, -0.1) is 0 Å². The van der Waals surface area contributed by atoms with Crippen molar-refractivity contribution in [2.75, 3.05) is 31.3 Å². The second-order valence-corrected chi connectivity index (χ2v) is 8.23. The molecule has 1 aromatic heterocycles. The highest BCUT2D eigenvalue weighted by Crippen LogP contribution is 2.33. The number of hydrogen-bond donors (Lipinski definition) is 1. The van der Waals surface area contributed by atoms with E-state index in [-0.39, 0.29) is 23.8 Å². The smallest absolute Gasteiger partial charge is 0.268 e. The molecule has 7 heteroatoms. The van der Waals surface area contributed by atoms with Gasteiger partial charge in [-0.2, -0.15) is 0 Å². The maximum absolute atomic E-state index is 13.2. The number of anilines is 1. The fourth-order valence-corrected chi connectivity index (χ4v) is 4.34. The van der Waals surface area contributed by atoms with Crippen molar-refractivity contribution in [3.8, 4) is 17.2 Å². The second kappa shape index (κ2) is 8.42. The van der Waals surface area contributed by atoms with Crippen molar-refractivity contribution in [2.45, 2.75) is 13.3 Å². The fraction of sp³-hybridized carbons (Fsp3) is 0.280. The third-order valence-corrected chi connectivity index (χ3v) is 6.12. The first-order valence-corrected chi connectivity index (χ1v) is 10.8. The Bertz CT molecular complexity index is 1210. The molecule has 2 aromatic carbocycles. The van der Waals surface area contributed by atoms with Gasteiger partial charge in [0.05, 0.1) is 5.69 Å². The second-order valence-electron chi connectivity index (χ2n) is 8.23. The molecule has 0 bridgehead atoms. The van der Waals surface area contributed by atoms with Crippen molar-refractivity contribution in [3.05, 3.63) is 82.3 Å². The Morgan fingerprint density at radius 2 is 1.88 bits per heavy atom. The van der Waals surface area contributed by atoms with Crippen LogP contribution < -0.4 is 25.2 Å². The highest BCUT2D eigenvalue weighted by Gasteiger charge is 2.24. The molecule has 1 unspecified atom stereocenters. The van der Waals surface area contributed by atoms with Crippen LogP contribution in [0.3, 0.4) is 0 Å². The molecule has 32 heavy (non-hydrogen) atoms. The molecule has 2 aliphatic rings. The summed E-state index contributed by atoms with van der Waals surface area (Å²) in [6.07, 6.45) is 2.69. The van der Waals surface area contributed by atoms with Crippen molar-refractivity contribution >= 4 is 11.6 Å². The lowest BCUT2D eigenvalue weighted by molar-refractivity contribution is 0.0946. The Balaban J connectivity index is 1.30. The van der Waals surface area contributed by atoms with Gasteiger partial charge in [0.2, 0.25) is 6.79 Å². The molecular formula is C25H25N3O4. The Kier molecular flexibility index (Phi) is 5.31. The van der Waals surface area contributed by atoms with Gasteiger partial charge >= 0.3 is 0 Å². The highest BCUT2D eigenvalue weighted by atomic mass is 16.7. The number of amides is 1. The largest absolute Gasteiger partial charge is 0.454 e. The molecule has 0 spiro atoms. The van der Waals surface area contributed by atoms with E-state index in [4.69, 9.17) is 9.47 Å². The minimum absolute atomic E-state index is 0.165. The summed E-state index contributed by atoms with van der Waals surface area (Å²) in [6.45, 7) is 4.34. The molecular weight excluding hydrogens is 406 g/mol. The summed E-state index contributed by atoms with van der Waals surface area (Å²) in [4.78, 5) is 28.5. The van der Waals surface area contributed by atoms with E-state index in [0.717, 1.165) is 19.5 Å². The van der Waals surface area contributed by atoms with Crippen LogP contribution in [0.15, 0.2) is 65.6 Å². The van der Waals surface area contributed by atoms with Crippen LogP contribution >= 0.6 is 0 Å². The number of carbonyl (C=O) groups excluding carboxylic acids is 1. The molecule has 0 saturated carbocycles. The van der Waals surface area contributed by atoms with Crippen molar-refractivity contribution in [1.82, 2.24) is 9.88 Å². The molecule has 1 amide bonds. The lowest BCUT2D eigenvalue weighted by Crippen LogP contribution is -2.36. The number of pyridine rings is 1. The van der Waals surface area contributed by atoms with Crippen LogP contribution in [0.25, 0.3) is 5.69 Å². The lowest BCUT2D eigenvalue weighted by Gasteiger charge is -2.19. The van der Waals surface area contributed by atoms with Gasteiger partial charge in [0.1, 0.15) is 5.56 Å². The van der Waals surface area contributed by atoms with Crippen LogP contribution in [0, 0.1) is 12.8 Å². The van der Waals surface area contributed by atoms with Crippen molar-refractivity contribution in [3.63, 3.8) is 0 Å². The van der Waals surface area contributed by atoms with Gasteiger partial charge < -0.3 is 19.7 Å². The standard InChI is InChI=1S/C25H25N3O4/c1-17-9-12-28(20-7-8-21-22(13-20)32-16-31-21)25(30)23(17)24(29)26-14-18-10-11-27(15-18)19-5-3-2-4-6-19/h2-9,12-13,18H,10-11,14-16H2,1H3,(H,26,29). The Morgan fingerprint density at radius 3 is 2.72 bits per heavy atom. The first kappa shape index (κ1) is 20.2. The zero-order valence-electron chi connectivity index (χ0n) is 17.9. The zero-order chi connectivity index (χ0) is 22.1. The number of carbonyl (C=O) groups is 1. The van der Waals surface area contributed by atoms with Crippen LogP contribution in [0.1, 0.15) is 22.3 Å². The van der Waals surface area contributed by atoms with Crippen LogP contribution in [-0.2, 0) is 0 Å². The van der Waals surface area contributed by atoms with Gasteiger partial charge in [0.25, 0.3) is 11.5 Å². The summed E-state index contributed by atoms with van der Waals surface area (Å²) in [5.74, 6) is 1.25. The Labute approximate surface area is 186 Å². The van der Waals surface area contributed by atoms with Gasteiger partial charge in [0.15, 0.2) is 11.5 Å². The molecule has 5 rings (SSSR count). The SMILES string of the molecule is Cc1ccn(-c2ccc3c(c2)OCO3)c(=O)c1C(=O)NCC1CCN(c2ccccc2)C1. The van der Waals surface area contributed by atoms with Gasteiger partial charge in [-0.3, -0.25) is 14.2 Å². The van der Waals surface area contributed by atoms with Gasteiger partial charge in [-0.05, 0) is 55.2 Å². The minimum atomic E-state index is -0.348. The van der Waals surface area contributed by atoms with E-state index in [1.807, 2.05) is 18.2 Å². The predicted molar refractivity (Wildman–Crippen MR) is 122 cm³/mol. The third-order valence-electron chi connectivity index (χ3n) is 6.12. The molecule has 0 aliphatic carbocycles. The number of ether oxygens (including phenoxy) is 2. The van der Waals surface area contributed by atoms with Gasteiger partial charge in [-0.25, -0.2) is 0 Å². The number of nitrogens with one attached hydrogen (secondary N) is 1. The molecule has 1 saturated heterocycles. The number of aryl methyl sites for hydroxylation is 1. The van der Waals surface area contributed by atoms with Crippen molar-refractivity contribution in [1.29, 1.82) is 0 Å². The van der Waals surface area contributed by atoms with Gasteiger partial charge in [-0.1, -0.05) is 18.2 Å². The third kappa shape index (κ3) is 3.82. The van der Waals surface area contributed by atoms with E-state index >= 15 is 0 Å². The fourth-order valence-electron chi connectivity index (χ4n) is 4.34. The van der Waals surface area contributed by atoms with Crippen LogP contribution in [0.5, 0.6) is 11.5 Å². The average molecular weight is 431 g/mol. The highest BCUT2D eigenvalue weighted by molar-refractivity contribution is 5.95. The molecule has 164 valence electrons. The van der Waals surface area contributed by atoms with E-state index in [1.54, 1.807) is 37.4 Å². The first-order valence-electron chi connectivity index (χ1n) is 10.8. The monoisotopic (exact) mass is 431 g/mol. The topological polar surface area (TPSA) is 72.8 Å². The minimum Gasteiger partial charge on any atom is -0.454 e. The summed E-state index contributed by atoms with van der Waals surface area (Å²) in [7, 11) is 0. The number of aromatic nitrogens is 1. The summed E-state index contributed by atoms with van der Waals surface area (Å²) in [5.41, 5.74) is 2.30. The van der Waals surface area contributed by atoms with E-state index in [1.165, 1.54) is 10.3 Å². The number of fused-ring (bicyclic) bond motifs is 1. The maximum Gasteiger partial charge on any atom is 0.268 e. The van der Waals surface area contributed by atoms with E-state index in [0.29, 0.717) is 35.2 Å². The van der Waals surface area contributed by atoms with E-state index < -0.39 is 0 Å². The maximum atomic E-state index is 13.2. The number of benzene rings is 2. The Hall–Kier alpha value is -3.74. The summed E-state index contributed by atoms with van der Waals surface area (Å²) in [6, 6.07) is 17.4. The predicted octanol–water partition coefficient (Wildman–Crippen LogP) is 3.13. The first-order chi connectivity index (χ1) is 15.6. The molecule has 2 aliphatic heterocycles. The zero-order valence-corrected chi connectivity index (χ0v) is 17.9. The summed E-state index contributed by atoms with van der Waals surface area (Å²) in [5, 5.41) is 2.99. The van der Waals surface area contributed by atoms with E-state index in [9.17, 15) is 9.59 Å². The summed E-state index contributed by atoms with van der Waals surface area (Å²) < 4.78 is 12.2. The lowest BCUT2D eigenvalue weighted by atomic mass is 10.1. The molecule has 1 atom stereocenters. The van der Waals surface area contributed by atoms with Crippen molar-refractivity contribution < 1.29 is 14.3 Å². The summed E-state index contributed by atoms with van der Waals surface area (Å²) >= 11 is 0. The molecule has 7 nitrogen and oxygen atoms in total. The number of rotatable bonds is 5.